The van der Waals surface area contributed by atoms with Crippen LogP contribution < -0.4 is 4.74 Å². The Balaban J connectivity index is 3.29. The van der Waals surface area contributed by atoms with E-state index < -0.39 is 28.7 Å². The number of methoxy groups -OCH3 is 1. The lowest BCUT2D eigenvalue weighted by atomic mass is 10.1. The molecule has 98 valence electrons. The van der Waals surface area contributed by atoms with Crippen molar-refractivity contribution < 1.29 is 32.2 Å². The monoisotopic (exact) mass is 282 g/mol. The van der Waals surface area contributed by atoms with E-state index in [4.69, 9.17) is 11.6 Å². The Bertz CT molecular complexity index is 485. The highest BCUT2D eigenvalue weighted by Crippen LogP contribution is 2.32. The van der Waals surface area contributed by atoms with E-state index in [2.05, 4.69) is 9.47 Å². The Labute approximate surface area is 104 Å². The molecule has 0 heterocycles. The Kier molecular flexibility index (Phi) is 4.18. The molecule has 4 nitrogen and oxygen atoms in total. The van der Waals surface area contributed by atoms with Gasteiger partial charge in [0, 0.05) is 0 Å². The number of carbonyl (C=O) groups is 2. The highest BCUT2D eigenvalue weighted by Gasteiger charge is 2.33. The van der Waals surface area contributed by atoms with Gasteiger partial charge in [-0.1, -0.05) is 11.6 Å². The van der Waals surface area contributed by atoms with Gasteiger partial charge in [-0.05, 0) is 12.1 Å². The fourth-order valence-corrected chi connectivity index (χ4v) is 1.44. The van der Waals surface area contributed by atoms with E-state index in [0.29, 0.717) is 0 Å². The van der Waals surface area contributed by atoms with Gasteiger partial charge in [0.05, 0.1) is 23.3 Å². The topological polar surface area (TPSA) is 52.6 Å². The molecule has 0 saturated heterocycles. The Morgan fingerprint density at radius 1 is 1.39 bits per heavy atom. The molecule has 18 heavy (non-hydrogen) atoms. The fraction of sp³-hybridized carbons (Fsp3) is 0.200. The molecular weight excluding hydrogens is 277 g/mol. The van der Waals surface area contributed by atoms with Gasteiger partial charge in [-0.25, -0.2) is 4.79 Å². The molecule has 0 N–H and O–H groups in total. The Morgan fingerprint density at radius 3 is 2.44 bits per heavy atom. The summed E-state index contributed by atoms with van der Waals surface area (Å²) in [5, 5.41) is -0.460. The zero-order valence-corrected chi connectivity index (χ0v) is 9.63. The minimum atomic E-state index is -4.96. The maximum Gasteiger partial charge on any atom is 0.573 e. The first kappa shape index (κ1) is 14.3. The highest BCUT2D eigenvalue weighted by molar-refractivity contribution is 6.36. The largest absolute Gasteiger partial charge is 0.573 e. The smallest absolute Gasteiger partial charge is 0.465 e. The molecule has 0 bridgehead atoms. The molecule has 1 aromatic carbocycles. The molecule has 0 aromatic heterocycles. The maximum absolute atomic E-state index is 12.0. The van der Waals surface area contributed by atoms with Crippen LogP contribution in [0, 0.1) is 0 Å². The van der Waals surface area contributed by atoms with Crippen molar-refractivity contribution in [2.75, 3.05) is 7.11 Å². The molecule has 0 amide bonds. The number of aldehydes is 1. The summed E-state index contributed by atoms with van der Waals surface area (Å²) in [5.41, 5.74) is -0.798. The second kappa shape index (κ2) is 5.26. The number of hydrogen-bond acceptors (Lipinski definition) is 4. The average molecular weight is 283 g/mol. The predicted molar refractivity (Wildman–Crippen MR) is 54.9 cm³/mol. The number of hydrogen-bond donors (Lipinski definition) is 0. The summed E-state index contributed by atoms with van der Waals surface area (Å²) in [6.07, 6.45) is -4.90. The lowest BCUT2D eigenvalue weighted by molar-refractivity contribution is -0.274. The van der Waals surface area contributed by atoms with Gasteiger partial charge >= 0.3 is 12.3 Å². The quantitative estimate of drug-likeness (QED) is 0.632. The molecule has 0 aliphatic carbocycles. The molecule has 0 saturated carbocycles. The molecule has 0 spiro atoms. The highest BCUT2D eigenvalue weighted by atomic mass is 35.5. The van der Waals surface area contributed by atoms with Crippen LogP contribution in [0.5, 0.6) is 5.75 Å². The van der Waals surface area contributed by atoms with Crippen molar-refractivity contribution in [2.45, 2.75) is 6.36 Å². The van der Waals surface area contributed by atoms with E-state index >= 15 is 0 Å². The van der Waals surface area contributed by atoms with Crippen molar-refractivity contribution in [3.63, 3.8) is 0 Å². The second-order valence-electron chi connectivity index (χ2n) is 3.00. The van der Waals surface area contributed by atoms with Crippen LogP contribution in [0.2, 0.25) is 5.02 Å². The number of alkyl halides is 3. The standard InChI is InChI=1S/C10H6ClF3O4/c1-17-9(16)5-2-3-7(18-10(12,13)14)6(4-15)8(5)11/h2-4H,1H3. The number of rotatable bonds is 3. The molecular formula is C10H6ClF3O4. The molecule has 0 aliphatic rings. The first-order valence-electron chi connectivity index (χ1n) is 4.42. The third-order valence-corrected chi connectivity index (χ3v) is 2.30. The third-order valence-electron chi connectivity index (χ3n) is 1.89. The summed E-state index contributed by atoms with van der Waals surface area (Å²) in [4.78, 5) is 21.9. The lowest BCUT2D eigenvalue weighted by Crippen LogP contribution is -2.18. The van der Waals surface area contributed by atoms with E-state index in [9.17, 15) is 22.8 Å². The van der Waals surface area contributed by atoms with Gasteiger partial charge < -0.3 is 9.47 Å². The van der Waals surface area contributed by atoms with Crippen molar-refractivity contribution >= 4 is 23.9 Å². The SMILES string of the molecule is COC(=O)c1ccc(OC(F)(F)F)c(C=O)c1Cl. The Hall–Kier alpha value is -1.76. The third kappa shape index (κ3) is 3.13. The normalized spacial score (nSPS) is 10.9. The first-order chi connectivity index (χ1) is 8.30. The zero-order valence-electron chi connectivity index (χ0n) is 8.88. The molecule has 0 atom stereocenters. The van der Waals surface area contributed by atoms with E-state index in [1.165, 1.54) is 0 Å². The molecule has 1 aromatic rings. The average Bonchev–Trinajstić information content (AvgIpc) is 2.26. The van der Waals surface area contributed by atoms with Gasteiger partial charge in [-0.3, -0.25) is 4.79 Å². The molecule has 0 unspecified atom stereocenters. The summed E-state index contributed by atoms with van der Waals surface area (Å²) >= 11 is 5.64. The second-order valence-corrected chi connectivity index (χ2v) is 3.37. The summed E-state index contributed by atoms with van der Waals surface area (Å²) in [7, 11) is 1.07. The summed E-state index contributed by atoms with van der Waals surface area (Å²) in [6.45, 7) is 0. The Morgan fingerprint density at radius 2 is 2.00 bits per heavy atom. The number of esters is 1. The van der Waals surface area contributed by atoms with Gasteiger partial charge in [0.25, 0.3) is 0 Å². The number of carbonyl (C=O) groups excluding carboxylic acids is 2. The number of halogens is 4. The van der Waals surface area contributed by atoms with Gasteiger partial charge in [0.2, 0.25) is 0 Å². The zero-order chi connectivity index (χ0) is 13.9. The minimum absolute atomic E-state index is 0.0653. The predicted octanol–water partition coefficient (Wildman–Crippen LogP) is 2.84. The van der Waals surface area contributed by atoms with Crippen LogP contribution in [-0.2, 0) is 4.74 Å². The van der Waals surface area contributed by atoms with Crippen LogP contribution in [0.1, 0.15) is 20.7 Å². The van der Waals surface area contributed by atoms with E-state index in [0.717, 1.165) is 19.2 Å². The molecule has 0 radical (unpaired) electrons. The van der Waals surface area contributed by atoms with E-state index in [1.54, 1.807) is 0 Å². The van der Waals surface area contributed by atoms with Crippen molar-refractivity contribution in [1.82, 2.24) is 0 Å². The van der Waals surface area contributed by atoms with Crippen LogP contribution in [0.25, 0.3) is 0 Å². The van der Waals surface area contributed by atoms with E-state index in [-0.39, 0.29) is 11.8 Å². The van der Waals surface area contributed by atoms with Gasteiger partial charge in [-0.2, -0.15) is 0 Å². The van der Waals surface area contributed by atoms with Crippen LogP contribution >= 0.6 is 11.6 Å². The summed E-state index contributed by atoms with van der Waals surface area (Å²) < 4.78 is 44.1. The van der Waals surface area contributed by atoms with Crippen LogP contribution in [0.15, 0.2) is 12.1 Å². The van der Waals surface area contributed by atoms with Gasteiger partial charge in [0.15, 0.2) is 6.29 Å². The maximum atomic E-state index is 12.0. The van der Waals surface area contributed by atoms with Crippen molar-refractivity contribution in [1.29, 1.82) is 0 Å². The van der Waals surface area contributed by atoms with Crippen LogP contribution in [-0.4, -0.2) is 25.7 Å². The van der Waals surface area contributed by atoms with Crippen LogP contribution in [0.4, 0.5) is 13.2 Å². The van der Waals surface area contributed by atoms with Gasteiger partial charge in [0.1, 0.15) is 5.75 Å². The first-order valence-corrected chi connectivity index (χ1v) is 4.79. The minimum Gasteiger partial charge on any atom is -0.465 e. The summed E-state index contributed by atoms with van der Waals surface area (Å²) in [6, 6.07) is 1.79. The number of ether oxygens (including phenoxy) is 2. The molecule has 8 heteroatoms. The van der Waals surface area contributed by atoms with Gasteiger partial charge in [-0.15, -0.1) is 13.2 Å². The van der Waals surface area contributed by atoms with Crippen molar-refractivity contribution in [2.24, 2.45) is 0 Å². The van der Waals surface area contributed by atoms with Crippen molar-refractivity contribution in [3.8, 4) is 5.75 Å². The molecule has 0 fully saturated rings. The lowest BCUT2D eigenvalue weighted by Gasteiger charge is -2.12. The summed E-state index contributed by atoms with van der Waals surface area (Å²) in [5.74, 6) is -1.66. The van der Waals surface area contributed by atoms with Crippen LogP contribution in [0.3, 0.4) is 0 Å². The molecule has 1 rings (SSSR count). The van der Waals surface area contributed by atoms with E-state index in [1.807, 2.05) is 0 Å². The number of benzene rings is 1. The molecule has 0 aliphatic heterocycles. The fourth-order valence-electron chi connectivity index (χ4n) is 1.17. The van der Waals surface area contributed by atoms with Crippen molar-refractivity contribution in [3.05, 3.63) is 28.3 Å².